The van der Waals surface area contributed by atoms with Crippen LogP contribution >= 0.6 is 0 Å². The van der Waals surface area contributed by atoms with Gasteiger partial charge >= 0.3 is 0 Å². The van der Waals surface area contributed by atoms with E-state index in [0.29, 0.717) is 23.1 Å². The van der Waals surface area contributed by atoms with E-state index in [0.717, 1.165) is 16.7 Å². The van der Waals surface area contributed by atoms with E-state index in [1.54, 1.807) is 6.92 Å². The fourth-order valence-corrected chi connectivity index (χ4v) is 1.78. The summed E-state index contributed by atoms with van der Waals surface area (Å²) in [5, 5.41) is 18.8. The summed E-state index contributed by atoms with van der Waals surface area (Å²) >= 11 is 0. The van der Waals surface area contributed by atoms with Crippen molar-refractivity contribution in [3.63, 3.8) is 0 Å². The third-order valence-electron chi connectivity index (χ3n) is 2.78. The molecule has 0 spiro atoms. The van der Waals surface area contributed by atoms with Crippen molar-refractivity contribution in [3.8, 4) is 17.2 Å². The largest absolute Gasteiger partial charge is 0.507 e. The normalized spacial score (nSPS) is 10.8. The van der Waals surface area contributed by atoms with Crippen molar-refractivity contribution in [3.05, 3.63) is 34.7 Å². The van der Waals surface area contributed by atoms with Crippen LogP contribution in [0.15, 0.2) is 16.5 Å². The van der Waals surface area contributed by atoms with Crippen molar-refractivity contribution >= 4 is 0 Å². The third kappa shape index (κ3) is 2.03. The first-order valence-electron chi connectivity index (χ1n) is 5.40. The minimum Gasteiger partial charge on any atom is -0.507 e. The molecule has 0 amide bonds. The van der Waals surface area contributed by atoms with Crippen LogP contribution in [0.1, 0.15) is 22.6 Å². The number of hydrogen-bond donors (Lipinski definition) is 2. The number of phenols is 1. The molecule has 1 heterocycles. The van der Waals surface area contributed by atoms with Crippen LogP contribution in [-0.2, 0) is 6.61 Å². The van der Waals surface area contributed by atoms with E-state index in [2.05, 4.69) is 4.98 Å². The number of aliphatic hydroxyl groups excluding tert-OH is 1. The maximum absolute atomic E-state index is 9.69. The number of oxazole rings is 1. The van der Waals surface area contributed by atoms with Gasteiger partial charge in [0.2, 0.25) is 5.89 Å². The lowest BCUT2D eigenvalue weighted by molar-refractivity contribution is 0.275. The van der Waals surface area contributed by atoms with Crippen LogP contribution in [0.5, 0.6) is 5.75 Å². The van der Waals surface area contributed by atoms with E-state index < -0.39 is 0 Å². The predicted octanol–water partition coefficient (Wildman–Crippen LogP) is 2.46. The molecule has 0 fully saturated rings. The number of aromatic nitrogens is 1. The number of nitrogens with zero attached hydrogens (tertiary/aromatic N) is 1. The number of aromatic hydroxyl groups is 1. The minimum atomic E-state index is -0.134. The Morgan fingerprint density at radius 3 is 2.24 bits per heavy atom. The molecule has 2 rings (SSSR count). The molecule has 0 aliphatic heterocycles. The molecule has 0 saturated carbocycles. The fraction of sp³-hybridized carbons (Fsp3) is 0.308. The Hall–Kier alpha value is -1.81. The van der Waals surface area contributed by atoms with Crippen molar-refractivity contribution in [2.75, 3.05) is 0 Å². The number of rotatable bonds is 2. The molecule has 0 aliphatic rings. The molecule has 0 atom stereocenters. The standard InChI is InChI=1S/C13H15NO3/c1-7-4-10(5-8(2)12(7)16)13-14-11(6-15)9(3)17-13/h4-5,15-16H,6H2,1-3H3. The molecule has 1 aromatic heterocycles. The summed E-state index contributed by atoms with van der Waals surface area (Å²) in [7, 11) is 0. The molecule has 2 N–H and O–H groups in total. The summed E-state index contributed by atoms with van der Waals surface area (Å²) in [5.41, 5.74) is 2.91. The molecule has 0 saturated heterocycles. The lowest BCUT2D eigenvalue weighted by Gasteiger charge is -2.04. The highest BCUT2D eigenvalue weighted by Crippen LogP contribution is 2.29. The van der Waals surface area contributed by atoms with Crippen LogP contribution in [0.25, 0.3) is 11.5 Å². The van der Waals surface area contributed by atoms with Gasteiger partial charge in [0.25, 0.3) is 0 Å². The van der Waals surface area contributed by atoms with Crippen molar-refractivity contribution in [1.29, 1.82) is 0 Å². The Bertz CT molecular complexity index is 535. The van der Waals surface area contributed by atoms with Crippen LogP contribution in [0.4, 0.5) is 0 Å². The molecular formula is C13H15NO3. The molecule has 90 valence electrons. The molecule has 0 bridgehead atoms. The first kappa shape index (κ1) is 11.7. The summed E-state index contributed by atoms with van der Waals surface area (Å²) in [6.07, 6.45) is 0. The van der Waals surface area contributed by atoms with Crippen LogP contribution < -0.4 is 0 Å². The second kappa shape index (κ2) is 4.22. The van der Waals surface area contributed by atoms with Crippen LogP contribution in [-0.4, -0.2) is 15.2 Å². The van der Waals surface area contributed by atoms with Gasteiger partial charge in [-0.05, 0) is 44.0 Å². The van der Waals surface area contributed by atoms with Gasteiger partial charge in [-0.25, -0.2) is 4.98 Å². The van der Waals surface area contributed by atoms with Gasteiger partial charge in [0.05, 0.1) is 6.61 Å². The van der Waals surface area contributed by atoms with E-state index in [4.69, 9.17) is 9.52 Å². The van der Waals surface area contributed by atoms with E-state index in [1.165, 1.54) is 0 Å². The fourth-order valence-electron chi connectivity index (χ4n) is 1.78. The maximum Gasteiger partial charge on any atom is 0.226 e. The van der Waals surface area contributed by atoms with Gasteiger partial charge < -0.3 is 14.6 Å². The zero-order chi connectivity index (χ0) is 12.6. The van der Waals surface area contributed by atoms with Crippen LogP contribution in [0.3, 0.4) is 0 Å². The summed E-state index contributed by atoms with van der Waals surface area (Å²) < 4.78 is 5.49. The first-order chi connectivity index (χ1) is 8.02. The van der Waals surface area contributed by atoms with Gasteiger partial charge in [-0.1, -0.05) is 0 Å². The summed E-state index contributed by atoms with van der Waals surface area (Å²) in [4.78, 5) is 4.21. The van der Waals surface area contributed by atoms with Crippen molar-refractivity contribution in [1.82, 2.24) is 4.98 Å². The Labute approximate surface area is 99.6 Å². The lowest BCUT2D eigenvalue weighted by Crippen LogP contribution is -1.87. The average Bonchev–Trinajstić information content (AvgIpc) is 2.66. The number of benzene rings is 1. The van der Waals surface area contributed by atoms with E-state index in [-0.39, 0.29) is 6.61 Å². The zero-order valence-corrected chi connectivity index (χ0v) is 10.1. The Balaban J connectivity index is 2.53. The highest BCUT2D eigenvalue weighted by molar-refractivity contribution is 5.60. The van der Waals surface area contributed by atoms with Gasteiger partial charge in [-0.3, -0.25) is 0 Å². The summed E-state index contributed by atoms with van der Waals surface area (Å²) in [6.45, 7) is 5.29. The quantitative estimate of drug-likeness (QED) is 0.836. The van der Waals surface area contributed by atoms with Crippen molar-refractivity contribution < 1.29 is 14.6 Å². The number of hydrogen-bond acceptors (Lipinski definition) is 4. The van der Waals surface area contributed by atoms with Gasteiger partial charge in [0.15, 0.2) is 0 Å². The molecule has 0 aliphatic carbocycles. The van der Waals surface area contributed by atoms with Crippen molar-refractivity contribution in [2.45, 2.75) is 27.4 Å². The van der Waals surface area contributed by atoms with Gasteiger partial charge in [-0.15, -0.1) is 0 Å². The third-order valence-corrected chi connectivity index (χ3v) is 2.78. The Morgan fingerprint density at radius 1 is 1.18 bits per heavy atom. The molecule has 4 nitrogen and oxygen atoms in total. The second-order valence-corrected chi connectivity index (χ2v) is 4.14. The van der Waals surface area contributed by atoms with E-state index in [1.807, 2.05) is 26.0 Å². The number of aryl methyl sites for hydroxylation is 3. The number of aliphatic hydroxyl groups is 1. The molecule has 1 aromatic carbocycles. The van der Waals surface area contributed by atoms with Crippen LogP contribution in [0, 0.1) is 20.8 Å². The van der Waals surface area contributed by atoms with Crippen molar-refractivity contribution in [2.24, 2.45) is 0 Å². The smallest absolute Gasteiger partial charge is 0.226 e. The highest BCUT2D eigenvalue weighted by atomic mass is 16.4. The van der Waals surface area contributed by atoms with E-state index >= 15 is 0 Å². The SMILES string of the molecule is Cc1cc(-c2nc(CO)c(C)o2)cc(C)c1O. The van der Waals surface area contributed by atoms with Gasteiger partial charge in [0.1, 0.15) is 17.2 Å². The molecule has 2 aromatic rings. The topological polar surface area (TPSA) is 66.5 Å². The Morgan fingerprint density at radius 2 is 1.76 bits per heavy atom. The number of phenolic OH excluding ortho intramolecular Hbond substituents is 1. The lowest BCUT2D eigenvalue weighted by atomic mass is 10.1. The monoisotopic (exact) mass is 233 g/mol. The predicted molar refractivity (Wildman–Crippen MR) is 63.7 cm³/mol. The molecule has 4 heteroatoms. The molecule has 0 radical (unpaired) electrons. The molecule has 17 heavy (non-hydrogen) atoms. The first-order valence-corrected chi connectivity index (χ1v) is 5.40. The maximum atomic E-state index is 9.69. The molecule has 0 unspecified atom stereocenters. The zero-order valence-electron chi connectivity index (χ0n) is 10.1. The Kier molecular flexibility index (Phi) is 2.90. The van der Waals surface area contributed by atoms with Gasteiger partial charge in [0, 0.05) is 5.56 Å². The van der Waals surface area contributed by atoms with Crippen LogP contribution in [0.2, 0.25) is 0 Å². The summed E-state index contributed by atoms with van der Waals surface area (Å²) in [6, 6.07) is 3.63. The second-order valence-electron chi connectivity index (χ2n) is 4.14. The van der Waals surface area contributed by atoms with Gasteiger partial charge in [-0.2, -0.15) is 0 Å². The molecular weight excluding hydrogens is 218 g/mol. The average molecular weight is 233 g/mol. The minimum absolute atomic E-state index is 0.134. The summed E-state index contributed by atoms with van der Waals surface area (Å²) in [5.74, 6) is 1.38. The van der Waals surface area contributed by atoms with E-state index in [9.17, 15) is 5.11 Å². The highest BCUT2D eigenvalue weighted by Gasteiger charge is 2.12.